The van der Waals surface area contributed by atoms with Crippen LogP contribution in [-0.2, 0) is 11.4 Å². The first-order chi connectivity index (χ1) is 16.3. The van der Waals surface area contributed by atoms with E-state index in [2.05, 4.69) is 20.5 Å². The first-order valence-corrected chi connectivity index (χ1v) is 12.1. The Bertz CT molecular complexity index is 1150. The molecule has 2 aromatic carbocycles. The second kappa shape index (κ2) is 12.4. The lowest BCUT2D eigenvalue weighted by Crippen LogP contribution is -2.19. The van der Waals surface area contributed by atoms with Crippen LogP contribution in [-0.4, -0.2) is 34.4 Å². The number of carbonyl (C=O) groups excluding carboxylic acids is 1. The first kappa shape index (κ1) is 25.5. The van der Waals surface area contributed by atoms with E-state index in [0.29, 0.717) is 40.5 Å². The summed E-state index contributed by atoms with van der Waals surface area (Å²) in [5.74, 6) is 0.863. The van der Waals surface area contributed by atoms with Gasteiger partial charge < -0.3 is 9.47 Å². The molecule has 0 saturated carbocycles. The highest BCUT2D eigenvalue weighted by molar-refractivity contribution is 7.99. The molecule has 0 fully saturated rings. The summed E-state index contributed by atoms with van der Waals surface area (Å²) in [4.78, 5) is 20.8. The molecule has 0 saturated heterocycles. The highest BCUT2D eigenvalue weighted by Crippen LogP contribution is 2.37. The summed E-state index contributed by atoms with van der Waals surface area (Å²) in [5.41, 5.74) is 7.11. The molecule has 0 radical (unpaired) electrons. The van der Waals surface area contributed by atoms with Gasteiger partial charge in [-0.1, -0.05) is 53.2 Å². The average molecular weight is 499 g/mol. The molecule has 0 aliphatic heterocycles. The molecule has 0 atom stereocenters. The van der Waals surface area contributed by atoms with Crippen molar-refractivity contribution >= 4 is 35.5 Å². The quantitative estimate of drug-likeness (QED) is 0.177. The van der Waals surface area contributed by atoms with Crippen molar-refractivity contribution in [3.8, 4) is 11.5 Å². The highest BCUT2D eigenvalue weighted by atomic mass is 35.5. The molecule has 0 aliphatic rings. The van der Waals surface area contributed by atoms with Gasteiger partial charge in [0.1, 0.15) is 6.61 Å². The number of halogens is 1. The number of carbonyl (C=O) groups is 1. The van der Waals surface area contributed by atoms with Gasteiger partial charge in [-0.25, -0.2) is 15.4 Å². The Morgan fingerprint density at radius 2 is 1.79 bits per heavy atom. The topological polar surface area (TPSA) is 85.7 Å². The van der Waals surface area contributed by atoms with E-state index in [9.17, 15) is 4.79 Å². The van der Waals surface area contributed by atoms with Crippen LogP contribution in [0.4, 0.5) is 0 Å². The molecular formula is C25H27ClN4O3S. The smallest absolute Gasteiger partial charge is 0.250 e. The minimum Gasteiger partial charge on any atom is -0.490 e. The molecule has 0 unspecified atom stereocenters. The summed E-state index contributed by atoms with van der Waals surface area (Å²) in [6.07, 6.45) is 1.51. The van der Waals surface area contributed by atoms with Crippen LogP contribution in [0.15, 0.2) is 52.7 Å². The molecule has 34 heavy (non-hydrogen) atoms. The number of ether oxygens (including phenoxy) is 2. The van der Waals surface area contributed by atoms with E-state index in [1.165, 1.54) is 23.5 Å². The van der Waals surface area contributed by atoms with Crippen LogP contribution in [0.1, 0.15) is 35.0 Å². The van der Waals surface area contributed by atoms with Crippen LogP contribution < -0.4 is 14.9 Å². The number of hydrogen-bond acceptors (Lipinski definition) is 7. The van der Waals surface area contributed by atoms with Crippen molar-refractivity contribution in [3.63, 3.8) is 0 Å². The normalized spacial score (nSPS) is 11.0. The largest absolute Gasteiger partial charge is 0.490 e. The van der Waals surface area contributed by atoms with E-state index in [4.69, 9.17) is 21.1 Å². The third-order valence-electron chi connectivity index (χ3n) is 4.53. The number of nitrogens with zero attached hydrogens (tertiary/aromatic N) is 3. The summed E-state index contributed by atoms with van der Waals surface area (Å²) in [5, 5.41) is 4.99. The molecule has 1 amide bonds. The number of benzene rings is 2. The number of aryl methyl sites for hydroxylation is 3. The second-order valence-corrected chi connectivity index (χ2v) is 8.90. The van der Waals surface area contributed by atoms with Gasteiger partial charge in [0.15, 0.2) is 16.7 Å². The van der Waals surface area contributed by atoms with Gasteiger partial charge in [-0.15, -0.1) is 0 Å². The van der Waals surface area contributed by atoms with Crippen LogP contribution in [0.3, 0.4) is 0 Å². The molecule has 3 aromatic rings. The fraction of sp³-hybridized carbons (Fsp3) is 0.280. The summed E-state index contributed by atoms with van der Waals surface area (Å²) in [6.45, 7) is 8.52. The first-order valence-electron chi connectivity index (χ1n) is 10.8. The molecule has 0 aliphatic carbocycles. The predicted octanol–water partition coefficient (Wildman–Crippen LogP) is 5.28. The number of nitrogens with one attached hydrogen (secondary N) is 1. The van der Waals surface area contributed by atoms with E-state index in [0.717, 1.165) is 17.0 Å². The van der Waals surface area contributed by atoms with E-state index in [-0.39, 0.29) is 11.7 Å². The number of aromatic nitrogens is 2. The molecule has 1 N–H and O–H groups in total. The van der Waals surface area contributed by atoms with Crippen molar-refractivity contribution < 1.29 is 14.3 Å². The van der Waals surface area contributed by atoms with Gasteiger partial charge in [0.05, 0.1) is 23.6 Å². The Hall–Kier alpha value is -3.10. The molecular weight excluding hydrogens is 472 g/mol. The van der Waals surface area contributed by atoms with Gasteiger partial charge in [-0.05, 0) is 57.0 Å². The predicted molar refractivity (Wildman–Crippen MR) is 136 cm³/mol. The third-order valence-corrected chi connectivity index (χ3v) is 5.66. The highest BCUT2D eigenvalue weighted by Gasteiger charge is 2.13. The van der Waals surface area contributed by atoms with Gasteiger partial charge in [0.25, 0.3) is 5.91 Å². The molecule has 7 nitrogen and oxygen atoms in total. The maximum atomic E-state index is 12.1. The van der Waals surface area contributed by atoms with Crippen molar-refractivity contribution in [1.82, 2.24) is 15.4 Å². The van der Waals surface area contributed by atoms with Crippen LogP contribution in [0.5, 0.6) is 11.5 Å². The lowest BCUT2D eigenvalue weighted by Gasteiger charge is -2.14. The van der Waals surface area contributed by atoms with Crippen molar-refractivity contribution in [1.29, 1.82) is 0 Å². The maximum Gasteiger partial charge on any atom is 0.250 e. The number of amides is 1. The Kier molecular flexibility index (Phi) is 9.30. The zero-order valence-corrected chi connectivity index (χ0v) is 21.2. The molecule has 178 valence electrons. The maximum absolute atomic E-state index is 12.1. The van der Waals surface area contributed by atoms with E-state index >= 15 is 0 Å². The second-order valence-electron chi connectivity index (χ2n) is 7.55. The van der Waals surface area contributed by atoms with Gasteiger partial charge in [-0.2, -0.15) is 5.10 Å². The Balaban J connectivity index is 1.61. The summed E-state index contributed by atoms with van der Waals surface area (Å²) < 4.78 is 11.7. The fourth-order valence-electron chi connectivity index (χ4n) is 3.00. The van der Waals surface area contributed by atoms with Gasteiger partial charge in [0, 0.05) is 11.4 Å². The summed E-state index contributed by atoms with van der Waals surface area (Å²) >= 11 is 7.73. The molecule has 1 aromatic heterocycles. The fourth-order valence-corrected chi connectivity index (χ4v) is 4.02. The van der Waals surface area contributed by atoms with Crippen LogP contribution in [0.2, 0.25) is 5.02 Å². The molecule has 0 bridgehead atoms. The van der Waals surface area contributed by atoms with Crippen LogP contribution in [0, 0.1) is 20.8 Å². The Morgan fingerprint density at radius 3 is 2.47 bits per heavy atom. The zero-order valence-electron chi connectivity index (χ0n) is 19.6. The molecule has 0 spiro atoms. The van der Waals surface area contributed by atoms with E-state index in [1.807, 2.05) is 58.0 Å². The number of hydrogen-bond donors (Lipinski definition) is 1. The number of hydrazone groups is 1. The van der Waals surface area contributed by atoms with E-state index in [1.54, 1.807) is 12.1 Å². The monoisotopic (exact) mass is 498 g/mol. The van der Waals surface area contributed by atoms with Crippen molar-refractivity contribution in [2.75, 3.05) is 12.4 Å². The van der Waals surface area contributed by atoms with Crippen LogP contribution in [0.25, 0.3) is 0 Å². The minimum absolute atomic E-state index is 0.150. The van der Waals surface area contributed by atoms with Crippen molar-refractivity contribution in [2.45, 2.75) is 39.5 Å². The Labute approximate surface area is 208 Å². The van der Waals surface area contributed by atoms with Crippen molar-refractivity contribution in [2.24, 2.45) is 5.10 Å². The van der Waals surface area contributed by atoms with Gasteiger partial charge >= 0.3 is 0 Å². The lowest BCUT2D eigenvalue weighted by atomic mass is 10.1. The number of rotatable bonds is 10. The minimum atomic E-state index is -0.266. The lowest BCUT2D eigenvalue weighted by molar-refractivity contribution is -0.118. The third kappa shape index (κ3) is 7.74. The standard InChI is InChI=1S/C25H27ClN4O3S/c1-5-32-22-12-20(11-21(26)24(22)33-14-19-8-6-16(2)7-9-19)13-27-30-23(31)15-34-25-28-17(3)10-18(4)29-25/h6-13H,5,14-15H2,1-4H3,(H,30,31)/b27-13-. The summed E-state index contributed by atoms with van der Waals surface area (Å²) in [6, 6.07) is 13.5. The van der Waals surface area contributed by atoms with Crippen molar-refractivity contribution in [3.05, 3.63) is 75.6 Å². The van der Waals surface area contributed by atoms with Gasteiger partial charge in [-0.3, -0.25) is 4.79 Å². The molecule has 1 heterocycles. The van der Waals surface area contributed by atoms with Crippen LogP contribution >= 0.6 is 23.4 Å². The summed E-state index contributed by atoms with van der Waals surface area (Å²) in [7, 11) is 0. The Morgan fingerprint density at radius 1 is 1.09 bits per heavy atom. The average Bonchev–Trinajstić information content (AvgIpc) is 2.78. The molecule has 3 rings (SSSR count). The van der Waals surface area contributed by atoms with Gasteiger partial charge in [0.2, 0.25) is 0 Å². The molecule has 9 heteroatoms. The number of thioether (sulfide) groups is 1. The SMILES string of the molecule is CCOc1cc(/C=N\NC(=O)CSc2nc(C)cc(C)n2)cc(Cl)c1OCc1ccc(C)cc1. The zero-order chi connectivity index (χ0) is 24.5. The van der Waals surface area contributed by atoms with E-state index < -0.39 is 0 Å².